The molecule has 0 aliphatic rings. The van der Waals surface area contributed by atoms with Gasteiger partial charge in [-0.25, -0.2) is 0 Å². The monoisotopic (exact) mass is 258 g/mol. The molecule has 0 aliphatic carbocycles. The lowest BCUT2D eigenvalue weighted by Gasteiger charge is -2.16. The van der Waals surface area contributed by atoms with Crippen molar-refractivity contribution in [3.05, 3.63) is 34.3 Å². The van der Waals surface area contributed by atoms with Crippen LogP contribution in [-0.2, 0) is 9.47 Å². The van der Waals surface area contributed by atoms with Crippen LogP contribution in [0.5, 0.6) is 0 Å². The van der Waals surface area contributed by atoms with Gasteiger partial charge in [0, 0.05) is 18.2 Å². The molecule has 0 saturated carbocycles. The van der Waals surface area contributed by atoms with E-state index in [4.69, 9.17) is 9.47 Å². The smallest absolute Gasteiger partial charge is 0.106 e. The SMILES string of the molecule is CCO[C@@H](COC)c1ccc(Br)cc1. The molecule has 1 atom stereocenters. The molecule has 0 aliphatic heterocycles. The van der Waals surface area contributed by atoms with E-state index in [0.29, 0.717) is 13.2 Å². The predicted molar refractivity (Wildman–Crippen MR) is 60.4 cm³/mol. The lowest BCUT2D eigenvalue weighted by Crippen LogP contribution is -2.10. The Morgan fingerprint density at radius 3 is 2.43 bits per heavy atom. The Balaban J connectivity index is 2.71. The number of ether oxygens (including phenoxy) is 2. The van der Waals surface area contributed by atoms with Gasteiger partial charge in [0.1, 0.15) is 6.10 Å². The van der Waals surface area contributed by atoms with Gasteiger partial charge in [0.25, 0.3) is 0 Å². The molecular formula is C11H15BrO2. The van der Waals surface area contributed by atoms with Crippen LogP contribution in [0.15, 0.2) is 28.7 Å². The summed E-state index contributed by atoms with van der Waals surface area (Å²) in [7, 11) is 1.69. The van der Waals surface area contributed by atoms with Gasteiger partial charge in [-0.3, -0.25) is 0 Å². The molecule has 0 radical (unpaired) electrons. The van der Waals surface area contributed by atoms with Crippen LogP contribution in [0.2, 0.25) is 0 Å². The molecule has 1 aromatic rings. The van der Waals surface area contributed by atoms with Crippen molar-refractivity contribution in [1.82, 2.24) is 0 Å². The molecule has 0 aromatic heterocycles. The van der Waals surface area contributed by atoms with E-state index in [1.165, 1.54) is 0 Å². The fourth-order valence-electron chi connectivity index (χ4n) is 1.27. The highest BCUT2D eigenvalue weighted by Gasteiger charge is 2.10. The zero-order valence-corrected chi connectivity index (χ0v) is 10.1. The minimum Gasteiger partial charge on any atom is -0.382 e. The molecular weight excluding hydrogens is 244 g/mol. The van der Waals surface area contributed by atoms with E-state index < -0.39 is 0 Å². The van der Waals surface area contributed by atoms with Gasteiger partial charge < -0.3 is 9.47 Å². The summed E-state index contributed by atoms with van der Waals surface area (Å²) in [4.78, 5) is 0. The van der Waals surface area contributed by atoms with Crippen LogP contribution < -0.4 is 0 Å². The third-order valence-electron chi connectivity index (χ3n) is 1.93. The molecule has 14 heavy (non-hydrogen) atoms. The van der Waals surface area contributed by atoms with E-state index in [1.807, 2.05) is 31.2 Å². The van der Waals surface area contributed by atoms with Gasteiger partial charge in [0.05, 0.1) is 6.61 Å². The molecule has 0 N–H and O–H groups in total. The van der Waals surface area contributed by atoms with E-state index in [-0.39, 0.29) is 6.10 Å². The maximum atomic E-state index is 5.57. The van der Waals surface area contributed by atoms with E-state index >= 15 is 0 Å². The summed E-state index contributed by atoms with van der Waals surface area (Å²) >= 11 is 3.40. The quantitative estimate of drug-likeness (QED) is 0.808. The molecule has 0 bridgehead atoms. The lowest BCUT2D eigenvalue weighted by molar-refractivity contribution is 0.00279. The largest absolute Gasteiger partial charge is 0.382 e. The van der Waals surface area contributed by atoms with Crippen molar-refractivity contribution in [2.75, 3.05) is 20.3 Å². The summed E-state index contributed by atoms with van der Waals surface area (Å²) < 4.78 is 11.8. The minimum atomic E-state index is 0.0399. The maximum absolute atomic E-state index is 5.57. The molecule has 1 aromatic carbocycles. The molecule has 2 nitrogen and oxygen atoms in total. The maximum Gasteiger partial charge on any atom is 0.106 e. The third kappa shape index (κ3) is 3.40. The van der Waals surface area contributed by atoms with Crippen LogP contribution >= 0.6 is 15.9 Å². The highest BCUT2D eigenvalue weighted by molar-refractivity contribution is 9.10. The first-order valence-electron chi connectivity index (χ1n) is 4.64. The number of halogens is 1. The number of hydrogen-bond donors (Lipinski definition) is 0. The molecule has 0 fully saturated rings. The first-order chi connectivity index (χ1) is 6.77. The van der Waals surface area contributed by atoms with Crippen molar-refractivity contribution in [1.29, 1.82) is 0 Å². The topological polar surface area (TPSA) is 18.5 Å². The van der Waals surface area contributed by atoms with Crippen molar-refractivity contribution in [2.24, 2.45) is 0 Å². The van der Waals surface area contributed by atoms with Crippen molar-refractivity contribution >= 4 is 15.9 Å². The molecule has 0 heterocycles. The Morgan fingerprint density at radius 1 is 1.29 bits per heavy atom. The van der Waals surface area contributed by atoms with Crippen LogP contribution in [0.1, 0.15) is 18.6 Å². The Labute approximate surface area is 93.4 Å². The van der Waals surface area contributed by atoms with Gasteiger partial charge in [-0.05, 0) is 24.6 Å². The molecule has 0 saturated heterocycles. The summed E-state index contributed by atoms with van der Waals surface area (Å²) in [6.45, 7) is 3.28. The third-order valence-corrected chi connectivity index (χ3v) is 2.46. The van der Waals surface area contributed by atoms with Gasteiger partial charge in [0.2, 0.25) is 0 Å². The van der Waals surface area contributed by atoms with Crippen molar-refractivity contribution < 1.29 is 9.47 Å². The van der Waals surface area contributed by atoms with Crippen LogP contribution in [0, 0.1) is 0 Å². The fraction of sp³-hybridized carbons (Fsp3) is 0.455. The van der Waals surface area contributed by atoms with Crippen molar-refractivity contribution in [3.63, 3.8) is 0 Å². The fourth-order valence-corrected chi connectivity index (χ4v) is 1.53. The van der Waals surface area contributed by atoms with Crippen molar-refractivity contribution in [3.8, 4) is 0 Å². The van der Waals surface area contributed by atoms with Crippen LogP contribution in [0.4, 0.5) is 0 Å². The van der Waals surface area contributed by atoms with Crippen molar-refractivity contribution in [2.45, 2.75) is 13.0 Å². The van der Waals surface area contributed by atoms with E-state index in [2.05, 4.69) is 15.9 Å². The van der Waals surface area contributed by atoms with Gasteiger partial charge in [-0.1, -0.05) is 28.1 Å². The average molecular weight is 259 g/mol. The highest BCUT2D eigenvalue weighted by Crippen LogP contribution is 2.20. The second kappa shape index (κ2) is 6.17. The minimum absolute atomic E-state index is 0.0399. The van der Waals surface area contributed by atoms with E-state index in [9.17, 15) is 0 Å². The molecule has 3 heteroatoms. The number of hydrogen-bond acceptors (Lipinski definition) is 2. The number of methoxy groups -OCH3 is 1. The highest BCUT2D eigenvalue weighted by atomic mass is 79.9. The van der Waals surface area contributed by atoms with Gasteiger partial charge in [-0.2, -0.15) is 0 Å². The van der Waals surface area contributed by atoms with Gasteiger partial charge in [0.15, 0.2) is 0 Å². The Morgan fingerprint density at radius 2 is 1.93 bits per heavy atom. The second-order valence-electron chi connectivity index (χ2n) is 2.95. The van der Waals surface area contributed by atoms with Crippen LogP contribution in [0.25, 0.3) is 0 Å². The second-order valence-corrected chi connectivity index (χ2v) is 3.87. The zero-order chi connectivity index (χ0) is 10.4. The number of rotatable bonds is 5. The summed E-state index contributed by atoms with van der Waals surface area (Å²) in [6, 6.07) is 8.11. The summed E-state index contributed by atoms with van der Waals surface area (Å²) in [5.41, 5.74) is 1.15. The molecule has 0 amide bonds. The summed E-state index contributed by atoms with van der Waals surface area (Å²) in [6.07, 6.45) is 0.0399. The van der Waals surface area contributed by atoms with E-state index in [1.54, 1.807) is 7.11 Å². The Hall–Kier alpha value is -0.380. The zero-order valence-electron chi connectivity index (χ0n) is 8.50. The van der Waals surface area contributed by atoms with Crippen LogP contribution in [0.3, 0.4) is 0 Å². The normalized spacial score (nSPS) is 12.8. The number of benzene rings is 1. The van der Waals surface area contributed by atoms with E-state index in [0.717, 1.165) is 10.0 Å². The molecule has 0 unspecified atom stereocenters. The lowest BCUT2D eigenvalue weighted by atomic mass is 10.1. The van der Waals surface area contributed by atoms with Crippen LogP contribution in [-0.4, -0.2) is 20.3 Å². The molecule has 0 spiro atoms. The summed E-state index contributed by atoms with van der Waals surface area (Å²) in [5.74, 6) is 0. The standard InChI is InChI=1S/C11H15BrO2/c1-3-14-11(8-13-2)9-4-6-10(12)7-5-9/h4-7,11H,3,8H2,1-2H3/t11-/m0/s1. The summed E-state index contributed by atoms with van der Waals surface area (Å²) in [5, 5.41) is 0. The van der Waals surface area contributed by atoms with Gasteiger partial charge >= 0.3 is 0 Å². The Kier molecular flexibility index (Phi) is 5.15. The Bertz CT molecular complexity index is 252. The molecule has 1 rings (SSSR count). The van der Waals surface area contributed by atoms with Gasteiger partial charge in [-0.15, -0.1) is 0 Å². The average Bonchev–Trinajstić information content (AvgIpc) is 2.19. The first-order valence-corrected chi connectivity index (χ1v) is 5.43. The molecule has 78 valence electrons. The first kappa shape index (κ1) is 11.7. The predicted octanol–water partition coefficient (Wildman–Crippen LogP) is 3.17.